The summed E-state index contributed by atoms with van der Waals surface area (Å²) in [5, 5.41) is 4.66. The van der Waals surface area contributed by atoms with Crippen LogP contribution in [0.15, 0.2) is 16.3 Å². The first-order valence-electron chi connectivity index (χ1n) is 3.68. The largest absolute Gasteiger partial charge is 0.349 e. The first-order chi connectivity index (χ1) is 5.59. The van der Waals surface area contributed by atoms with Gasteiger partial charge in [-0.05, 0) is 19.9 Å². The molecule has 1 heterocycles. The second-order valence-electron chi connectivity index (χ2n) is 2.80. The lowest BCUT2D eigenvalue weighted by atomic mass is 10.3. The number of amides is 1. The molecule has 0 aliphatic rings. The third-order valence-electron chi connectivity index (χ3n) is 1.23. The van der Waals surface area contributed by atoms with Gasteiger partial charge in [0.2, 0.25) is 0 Å². The highest BCUT2D eigenvalue weighted by Gasteiger charge is 2.08. The van der Waals surface area contributed by atoms with Gasteiger partial charge in [-0.3, -0.25) is 4.79 Å². The average molecular weight is 201 g/mol. The standard InChI is InChI=1S/C8H11NOS2/c1-5(2)9-8(10)7-3-6(11)4-12-7/h3-5,11H,1-2H3,(H,9,10). The zero-order valence-corrected chi connectivity index (χ0v) is 8.71. The molecule has 0 aromatic carbocycles. The van der Waals surface area contributed by atoms with Gasteiger partial charge in [0.05, 0.1) is 4.88 Å². The van der Waals surface area contributed by atoms with Crippen LogP contribution in [0.2, 0.25) is 0 Å². The van der Waals surface area contributed by atoms with Crippen LogP contribution in [0.5, 0.6) is 0 Å². The third-order valence-corrected chi connectivity index (χ3v) is 2.59. The number of carbonyl (C=O) groups excluding carboxylic acids is 1. The highest BCUT2D eigenvalue weighted by atomic mass is 32.1. The molecule has 2 nitrogen and oxygen atoms in total. The molecule has 0 radical (unpaired) electrons. The summed E-state index contributed by atoms with van der Waals surface area (Å²) in [5.41, 5.74) is 0. The van der Waals surface area contributed by atoms with Crippen LogP contribution in [0.25, 0.3) is 0 Å². The second kappa shape index (κ2) is 3.96. The van der Waals surface area contributed by atoms with Crippen LogP contribution < -0.4 is 5.32 Å². The van der Waals surface area contributed by atoms with E-state index >= 15 is 0 Å². The van der Waals surface area contributed by atoms with Gasteiger partial charge >= 0.3 is 0 Å². The first kappa shape index (κ1) is 9.61. The van der Waals surface area contributed by atoms with Gasteiger partial charge in [0, 0.05) is 16.3 Å². The lowest BCUT2D eigenvalue weighted by molar-refractivity contribution is 0.0947. The monoisotopic (exact) mass is 201 g/mol. The van der Waals surface area contributed by atoms with E-state index in [1.807, 2.05) is 19.2 Å². The number of thiophene rings is 1. The number of thiol groups is 1. The van der Waals surface area contributed by atoms with Gasteiger partial charge in [-0.1, -0.05) is 0 Å². The van der Waals surface area contributed by atoms with E-state index in [9.17, 15) is 4.79 Å². The van der Waals surface area contributed by atoms with E-state index in [0.717, 1.165) is 4.90 Å². The molecule has 0 atom stereocenters. The van der Waals surface area contributed by atoms with Crippen LogP contribution in [0.1, 0.15) is 23.5 Å². The maximum Gasteiger partial charge on any atom is 0.261 e. The fraction of sp³-hybridized carbons (Fsp3) is 0.375. The number of rotatable bonds is 2. The summed E-state index contributed by atoms with van der Waals surface area (Å²) in [6, 6.07) is 1.95. The molecule has 0 saturated heterocycles. The van der Waals surface area contributed by atoms with Crippen molar-refractivity contribution < 1.29 is 4.79 Å². The summed E-state index contributed by atoms with van der Waals surface area (Å²) in [4.78, 5) is 12.9. The lowest BCUT2D eigenvalue weighted by Crippen LogP contribution is -2.29. The molecule has 1 aromatic rings. The quantitative estimate of drug-likeness (QED) is 0.706. The highest BCUT2D eigenvalue weighted by molar-refractivity contribution is 7.80. The van der Waals surface area contributed by atoms with Gasteiger partial charge in [-0.2, -0.15) is 0 Å². The molecule has 4 heteroatoms. The Morgan fingerprint density at radius 1 is 1.67 bits per heavy atom. The summed E-state index contributed by atoms with van der Waals surface area (Å²) >= 11 is 5.53. The number of hydrogen-bond acceptors (Lipinski definition) is 3. The highest BCUT2D eigenvalue weighted by Crippen LogP contribution is 2.17. The van der Waals surface area contributed by atoms with E-state index in [4.69, 9.17) is 0 Å². The van der Waals surface area contributed by atoms with Gasteiger partial charge < -0.3 is 5.32 Å². The molecular formula is C8H11NOS2. The minimum absolute atomic E-state index is 0.0182. The molecule has 0 fully saturated rings. The number of hydrogen-bond donors (Lipinski definition) is 2. The molecule has 0 bridgehead atoms. The number of carbonyl (C=O) groups is 1. The summed E-state index contributed by atoms with van der Waals surface area (Å²) in [7, 11) is 0. The normalized spacial score (nSPS) is 10.3. The van der Waals surface area contributed by atoms with E-state index < -0.39 is 0 Å². The zero-order chi connectivity index (χ0) is 9.14. The van der Waals surface area contributed by atoms with Crippen LogP contribution >= 0.6 is 24.0 Å². The Balaban J connectivity index is 2.65. The molecule has 0 unspecified atom stereocenters. The molecule has 0 aliphatic carbocycles. The van der Waals surface area contributed by atoms with Crippen LogP contribution in [0.4, 0.5) is 0 Å². The molecule has 1 aromatic heterocycles. The van der Waals surface area contributed by atoms with Crippen molar-refractivity contribution >= 4 is 29.9 Å². The van der Waals surface area contributed by atoms with Crippen LogP contribution in [-0.4, -0.2) is 11.9 Å². The Bertz CT molecular complexity index is 280. The van der Waals surface area contributed by atoms with E-state index in [1.54, 1.807) is 6.07 Å². The van der Waals surface area contributed by atoms with Crippen molar-refractivity contribution in [2.45, 2.75) is 24.8 Å². The SMILES string of the molecule is CC(C)NC(=O)c1cc(S)cs1. The smallest absolute Gasteiger partial charge is 0.261 e. The van der Waals surface area contributed by atoms with Crippen molar-refractivity contribution in [1.29, 1.82) is 0 Å². The van der Waals surface area contributed by atoms with Gasteiger partial charge in [-0.25, -0.2) is 0 Å². The van der Waals surface area contributed by atoms with Gasteiger partial charge in [0.15, 0.2) is 0 Å². The second-order valence-corrected chi connectivity index (χ2v) is 4.22. The van der Waals surface area contributed by atoms with Gasteiger partial charge in [-0.15, -0.1) is 24.0 Å². The minimum atomic E-state index is -0.0182. The third kappa shape index (κ3) is 2.53. The Morgan fingerprint density at radius 2 is 2.33 bits per heavy atom. The molecule has 66 valence electrons. The molecule has 0 spiro atoms. The van der Waals surface area contributed by atoms with Crippen molar-refractivity contribution in [2.75, 3.05) is 0 Å². The van der Waals surface area contributed by atoms with Crippen LogP contribution in [0, 0.1) is 0 Å². The van der Waals surface area contributed by atoms with Gasteiger partial charge in [0.25, 0.3) is 5.91 Å². The van der Waals surface area contributed by atoms with Crippen molar-refractivity contribution in [3.05, 3.63) is 16.3 Å². The maximum atomic E-state index is 11.3. The van der Waals surface area contributed by atoms with Crippen molar-refractivity contribution in [3.63, 3.8) is 0 Å². The van der Waals surface area contributed by atoms with Crippen LogP contribution in [-0.2, 0) is 0 Å². The zero-order valence-electron chi connectivity index (χ0n) is 7.00. The molecule has 12 heavy (non-hydrogen) atoms. The lowest BCUT2D eigenvalue weighted by Gasteiger charge is -2.05. The summed E-state index contributed by atoms with van der Waals surface area (Å²) in [6.07, 6.45) is 0. The van der Waals surface area contributed by atoms with E-state index in [1.165, 1.54) is 11.3 Å². The van der Waals surface area contributed by atoms with Gasteiger partial charge in [0.1, 0.15) is 0 Å². The first-order valence-corrected chi connectivity index (χ1v) is 5.00. The van der Waals surface area contributed by atoms with E-state index in [-0.39, 0.29) is 11.9 Å². The summed E-state index contributed by atoms with van der Waals surface area (Å²) < 4.78 is 0. The summed E-state index contributed by atoms with van der Waals surface area (Å²) in [6.45, 7) is 3.88. The molecule has 1 rings (SSSR count). The van der Waals surface area contributed by atoms with E-state index in [2.05, 4.69) is 17.9 Å². The molecule has 1 N–H and O–H groups in total. The fourth-order valence-electron chi connectivity index (χ4n) is 0.779. The summed E-state index contributed by atoms with van der Waals surface area (Å²) in [5.74, 6) is -0.0182. The van der Waals surface area contributed by atoms with Crippen molar-refractivity contribution in [2.24, 2.45) is 0 Å². The molecule has 0 aliphatic heterocycles. The Hall–Kier alpha value is -0.480. The maximum absolute atomic E-state index is 11.3. The van der Waals surface area contributed by atoms with Crippen LogP contribution in [0.3, 0.4) is 0 Å². The minimum Gasteiger partial charge on any atom is -0.349 e. The van der Waals surface area contributed by atoms with Crippen molar-refractivity contribution in [1.82, 2.24) is 5.32 Å². The molecule has 1 amide bonds. The number of nitrogens with one attached hydrogen (secondary N) is 1. The van der Waals surface area contributed by atoms with Crippen molar-refractivity contribution in [3.8, 4) is 0 Å². The Labute approximate surface area is 81.4 Å². The topological polar surface area (TPSA) is 29.1 Å². The average Bonchev–Trinajstić information content (AvgIpc) is 2.34. The molecular weight excluding hydrogens is 190 g/mol. The Morgan fingerprint density at radius 3 is 2.75 bits per heavy atom. The fourth-order valence-corrected chi connectivity index (χ4v) is 1.83. The van der Waals surface area contributed by atoms with E-state index in [0.29, 0.717) is 4.88 Å². The molecule has 0 saturated carbocycles. The predicted molar refractivity (Wildman–Crippen MR) is 54.2 cm³/mol. The predicted octanol–water partition coefficient (Wildman–Crippen LogP) is 2.17. The Kier molecular flexibility index (Phi) is 3.17.